The summed E-state index contributed by atoms with van der Waals surface area (Å²) in [6, 6.07) is 3.58. The Balaban J connectivity index is 2.48. The molecule has 0 spiro atoms. The SMILES string of the molecule is CC(C)NCCC(=O)NC(CC(=O)O)c1cccs1. The molecule has 3 N–H and O–H groups in total. The zero-order chi connectivity index (χ0) is 14.3. The highest BCUT2D eigenvalue weighted by atomic mass is 32.1. The normalized spacial score (nSPS) is 12.4. The fourth-order valence-corrected chi connectivity index (χ4v) is 2.41. The van der Waals surface area contributed by atoms with Crippen LogP contribution in [0.15, 0.2) is 17.5 Å². The Morgan fingerprint density at radius 3 is 2.68 bits per heavy atom. The van der Waals surface area contributed by atoms with Gasteiger partial charge in [0.15, 0.2) is 0 Å². The zero-order valence-corrected chi connectivity index (χ0v) is 12.0. The van der Waals surface area contributed by atoms with Crippen LogP contribution in [0.5, 0.6) is 0 Å². The molecule has 1 unspecified atom stereocenters. The molecule has 0 aliphatic carbocycles. The van der Waals surface area contributed by atoms with Crippen molar-refractivity contribution in [3.05, 3.63) is 22.4 Å². The van der Waals surface area contributed by atoms with Gasteiger partial charge in [-0.3, -0.25) is 9.59 Å². The number of rotatable bonds is 8. The van der Waals surface area contributed by atoms with Gasteiger partial charge < -0.3 is 15.7 Å². The van der Waals surface area contributed by atoms with E-state index in [9.17, 15) is 9.59 Å². The maximum Gasteiger partial charge on any atom is 0.305 e. The van der Waals surface area contributed by atoms with Gasteiger partial charge in [0.25, 0.3) is 0 Å². The predicted octanol–water partition coefficient (Wildman–Crippen LogP) is 1.77. The Morgan fingerprint density at radius 2 is 2.16 bits per heavy atom. The molecule has 0 bridgehead atoms. The highest BCUT2D eigenvalue weighted by Gasteiger charge is 2.18. The molecule has 0 aromatic carbocycles. The molecule has 106 valence electrons. The second-order valence-corrected chi connectivity index (χ2v) is 5.57. The van der Waals surface area contributed by atoms with E-state index >= 15 is 0 Å². The average Bonchev–Trinajstić information content (AvgIpc) is 2.80. The number of hydrogen-bond acceptors (Lipinski definition) is 4. The van der Waals surface area contributed by atoms with Gasteiger partial charge in [0.1, 0.15) is 0 Å². The largest absolute Gasteiger partial charge is 0.481 e. The summed E-state index contributed by atoms with van der Waals surface area (Å²) in [5.41, 5.74) is 0. The van der Waals surface area contributed by atoms with E-state index in [-0.39, 0.29) is 12.3 Å². The lowest BCUT2D eigenvalue weighted by molar-refractivity contribution is -0.137. The first-order valence-electron chi connectivity index (χ1n) is 6.27. The van der Waals surface area contributed by atoms with Gasteiger partial charge in [-0.25, -0.2) is 0 Å². The summed E-state index contributed by atoms with van der Waals surface area (Å²) in [6.45, 7) is 4.61. The van der Waals surface area contributed by atoms with E-state index < -0.39 is 12.0 Å². The molecule has 19 heavy (non-hydrogen) atoms. The molecule has 1 heterocycles. The number of amides is 1. The van der Waals surface area contributed by atoms with Gasteiger partial charge in [-0.2, -0.15) is 0 Å². The van der Waals surface area contributed by atoms with Crippen molar-refractivity contribution < 1.29 is 14.7 Å². The Morgan fingerprint density at radius 1 is 1.42 bits per heavy atom. The van der Waals surface area contributed by atoms with Crippen molar-refractivity contribution >= 4 is 23.2 Å². The lowest BCUT2D eigenvalue weighted by Gasteiger charge is -2.16. The summed E-state index contributed by atoms with van der Waals surface area (Å²) < 4.78 is 0. The first kappa shape index (κ1) is 15.7. The van der Waals surface area contributed by atoms with Gasteiger partial charge >= 0.3 is 5.97 Å². The van der Waals surface area contributed by atoms with Crippen molar-refractivity contribution in [2.24, 2.45) is 0 Å². The van der Waals surface area contributed by atoms with E-state index in [4.69, 9.17) is 5.11 Å². The topological polar surface area (TPSA) is 78.4 Å². The standard InChI is InChI=1S/C13H20N2O3S/c1-9(2)14-6-5-12(16)15-10(8-13(17)18)11-4-3-7-19-11/h3-4,7,9-10,14H,5-6,8H2,1-2H3,(H,15,16)(H,17,18). The first-order chi connectivity index (χ1) is 8.99. The van der Waals surface area contributed by atoms with Gasteiger partial charge in [0, 0.05) is 23.9 Å². The van der Waals surface area contributed by atoms with Crippen molar-refractivity contribution in [3.63, 3.8) is 0 Å². The molecule has 1 aromatic heterocycles. The highest BCUT2D eigenvalue weighted by molar-refractivity contribution is 7.10. The van der Waals surface area contributed by atoms with E-state index in [1.54, 1.807) is 0 Å². The van der Waals surface area contributed by atoms with Crippen LogP contribution in [0.1, 0.15) is 37.6 Å². The van der Waals surface area contributed by atoms with E-state index in [1.165, 1.54) is 11.3 Å². The number of carboxylic acid groups (broad SMARTS) is 1. The van der Waals surface area contributed by atoms with Gasteiger partial charge in [0.2, 0.25) is 5.91 Å². The third kappa shape index (κ3) is 6.35. The van der Waals surface area contributed by atoms with Crippen molar-refractivity contribution in [3.8, 4) is 0 Å². The second-order valence-electron chi connectivity index (χ2n) is 4.59. The molecule has 1 aromatic rings. The lowest BCUT2D eigenvalue weighted by atomic mass is 10.1. The van der Waals surface area contributed by atoms with E-state index in [1.807, 2.05) is 31.4 Å². The summed E-state index contributed by atoms with van der Waals surface area (Å²) in [7, 11) is 0. The molecular formula is C13H20N2O3S. The molecule has 1 rings (SSSR count). The van der Waals surface area contributed by atoms with Crippen LogP contribution in [0.4, 0.5) is 0 Å². The molecule has 1 amide bonds. The summed E-state index contributed by atoms with van der Waals surface area (Å²) in [5.74, 6) is -1.05. The van der Waals surface area contributed by atoms with E-state index in [2.05, 4.69) is 10.6 Å². The lowest BCUT2D eigenvalue weighted by Crippen LogP contribution is -2.33. The summed E-state index contributed by atoms with van der Waals surface area (Å²) in [5, 5.41) is 16.7. The Hall–Kier alpha value is -1.40. The van der Waals surface area contributed by atoms with Crippen LogP contribution in [-0.4, -0.2) is 29.6 Å². The van der Waals surface area contributed by atoms with Gasteiger partial charge in [0.05, 0.1) is 12.5 Å². The summed E-state index contributed by atoms with van der Waals surface area (Å²) in [4.78, 5) is 23.5. The van der Waals surface area contributed by atoms with Crippen LogP contribution < -0.4 is 10.6 Å². The maximum absolute atomic E-state index is 11.8. The Bertz CT molecular complexity index is 404. The summed E-state index contributed by atoms with van der Waals surface area (Å²) >= 11 is 1.45. The Labute approximate surface area is 117 Å². The van der Waals surface area contributed by atoms with Gasteiger partial charge in [-0.15, -0.1) is 11.3 Å². The quantitative estimate of drug-likeness (QED) is 0.680. The third-order valence-electron chi connectivity index (χ3n) is 2.51. The van der Waals surface area contributed by atoms with Gasteiger partial charge in [-0.05, 0) is 11.4 Å². The van der Waals surface area contributed by atoms with Crippen LogP contribution in [0.2, 0.25) is 0 Å². The number of carboxylic acids is 1. The number of hydrogen-bond donors (Lipinski definition) is 3. The summed E-state index contributed by atoms with van der Waals surface area (Å²) in [6.07, 6.45) is 0.254. The molecule has 0 aliphatic heterocycles. The van der Waals surface area contributed by atoms with Crippen LogP contribution in [0, 0.1) is 0 Å². The molecule has 0 fully saturated rings. The van der Waals surface area contributed by atoms with E-state index in [0.29, 0.717) is 19.0 Å². The van der Waals surface area contributed by atoms with Gasteiger partial charge in [-0.1, -0.05) is 19.9 Å². The minimum Gasteiger partial charge on any atom is -0.481 e. The molecule has 0 aliphatic rings. The van der Waals surface area contributed by atoms with Crippen molar-refractivity contribution in [2.45, 2.75) is 38.8 Å². The maximum atomic E-state index is 11.8. The van der Waals surface area contributed by atoms with Crippen LogP contribution >= 0.6 is 11.3 Å². The van der Waals surface area contributed by atoms with Crippen molar-refractivity contribution in [1.29, 1.82) is 0 Å². The molecule has 0 saturated heterocycles. The minimum atomic E-state index is -0.918. The van der Waals surface area contributed by atoms with Crippen molar-refractivity contribution in [1.82, 2.24) is 10.6 Å². The van der Waals surface area contributed by atoms with E-state index in [0.717, 1.165) is 4.88 Å². The highest BCUT2D eigenvalue weighted by Crippen LogP contribution is 2.22. The number of carbonyl (C=O) groups excluding carboxylic acids is 1. The van der Waals surface area contributed by atoms with Crippen LogP contribution in [-0.2, 0) is 9.59 Å². The number of aliphatic carboxylic acids is 1. The number of thiophene rings is 1. The monoisotopic (exact) mass is 284 g/mol. The molecule has 6 heteroatoms. The van der Waals surface area contributed by atoms with Crippen LogP contribution in [0.3, 0.4) is 0 Å². The molecule has 0 radical (unpaired) electrons. The molecule has 0 saturated carbocycles. The fraction of sp³-hybridized carbons (Fsp3) is 0.538. The fourth-order valence-electron chi connectivity index (χ4n) is 1.63. The Kier molecular flexibility index (Phi) is 6.52. The number of nitrogens with one attached hydrogen (secondary N) is 2. The zero-order valence-electron chi connectivity index (χ0n) is 11.2. The molecule has 1 atom stereocenters. The van der Waals surface area contributed by atoms with Crippen LogP contribution in [0.25, 0.3) is 0 Å². The smallest absolute Gasteiger partial charge is 0.305 e. The first-order valence-corrected chi connectivity index (χ1v) is 7.15. The minimum absolute atomic E-state index is 0.0934. The third-order valence-corrected chi connectivity index (χ3v) is 3.49. The molecule has 5 nitrogen and oxygen atoms in total. The van der Waals surface area contributed by atoms with Crippen molar-refractivity contribution in [2.75, 3.05) is 6.54 Å². The number of carbonyl (C=O) groups is 2. The second kappa shape index (κ2) is 7.91. The average molecular weight is 284 g/mol. The predicted molar refractivity (Wildman–Crippen MR) is 75.2 cm³/mol. The molecular weight excluding hydrogens is 264 g/mol.